The Balaban J connectivity index is 1.63. The Hall–Kier alpha value is -3.07. The van der Waals surface area contributed by atoms with E-state index in [1.54, 1.807) is 18.2 Å². The maximum absolute atomic E-state index is 12.3. The van der Waals surface area contributed by atoms with E-state index >= 15 is 0 Å². The second-order valence-electron chi connectivity index (χ2n) is 5.88. The Morgan fingerprint density at radius 2 is 1.79 bits per heavy atom. The van der Waals surface area contributed by atoms with Gasteiger partial charge in [-0.25, -0.2) is 13.2 Å². The van der Waals surface area contributed by atoms with Crippen LogP contribution in [0.3, 0.4) is 0 Å². The third-order valence-corrected chi connectivity index (χ3v) is 5.77. The SMILES string of the molecule is CCS(=O)(=O)c1ccccc1C(=O)OCC(=O)Nc1ccc2c(c1)OCCO2. The lowest BCUT2D eigenvalue weighted by atomic mass is 10.2. The minimum atomic E-state index is -3.60. The minimum Gasteiger partial charge on any atom is -0.486 e. The van der Waals surface area contributed by atoms with Gasteiger partial charge in [0, 0.05) is 11.8 Å². The molecule has 1 N–H and O–H groups in total. The number of hydrogen-bond donors (Lipinski definition) is 1. The van der Waals surface area contributed by atoms with Crippen molar-refractivity contribution in [3.8, 4) is 11.5 Å². The van der Waals surface area contributed by atoms with Crippen molar-refractivity contribution >= 4 is 27.4 Å². The van der Waals surface area contributed by atoms with Crippen molar-refractivity contribution in [2.75, 3.05) is 30.9 Å². The predicted octanol–water partition coefficient (Wildman–Crippen LogP) is 2.05. The summed E-state index contributed by atoms with van der Waals surface area (Å²) in [6.07, 6.45) is 0. The molecule has 0 radical (unpaired) electrons. The maximum atomic E-state index is 12.3. The molecule has 8 nitrogen and oxygen atoms in total. The molecule has 1 heterocycles. The van der Waals surface area contributed by atoms with Gasteiger partial charge in [-0.1, -0.05) is 19.1 Å². The number of carbonyl (C=O) groups is 2. The van der Waals surface area contributed by atoms with Crippen LogP contribution in [-0.4, -0.2) is 45.9 Å². The summed E-state index contributed by atoms with van der Waals surface area (Å²) in [5.74, 6) is -0.503. The normalized spacial score (nSPS) is 12.9. The number of fused-ring (bicyclic) bond motifs is 1. The maximum Gasteiger partial charge on any atom is 0.339 e. The van der Waals surface area contributed by atoms with Gasteiger partial charge in [-0.2, -0.15) is 0 Å². The first kappa shape index (κ1) is 19.7. The van der Waals surface area contributed by atoms with Crippen LogP contribution in [0.5, 0.6) is 11.5 Å². The summed E-state index contributed by atoms with van der Waals surface area (Å²) in [5.41, 5.74) is 0.357. The van der Waals surface area contributed by atoms with Crippen molar-refractivity contribution in [1.82, 2.24) is 0 Å². The third-order valence-electron chi connectivity index (χ3n) is 3.98. The first-order valence-corrected chi connectivity index (χ1v) is 10.2. The molecule has 0 unspecified atom stereocenters. The quantitative estimate of drug-likeness (QED) is 0.733. The number of nitrogens with one attached hydrogen (secondary N) is 1. The average molecular weight is 405 g/mol. The molecule has 2 aromatic carbocycles. The number of esters is 1. The van der Waals surface area contributed by atoms with Gasteiger partial charge < -0.3 is 19.5 Å². The molecule has 28 heavy (non-hydrogen) atoms. The van der Waals surface area contributed by atoms with Gasteiger partial charge in [0.05, 0.1) is 16.2 Å². The van der Waals surface area contributed by atoms with Crippen molar-refractivity contribution in [2.45, 2.75) is 11.8 Å². The van der Waals surface area contributed by atoms with E-state index in [1.807, 2.05) is 0 Å². The number of sulfone groups is 1. The molecule has 0 bridgehead atoms. The highest BCUT2D eigenvalue weighted by molar-refractivity contribution is 7.91. The summed E-state index contributed by atoms with van der Waals surface area (Å²) in [6, 6.07) is 10.7. The number of ether oxygens (including phenoxy) is 3. The van der Waals surface area contributed by atoms with Crippen LogP contribution >= 0.6 is 0 Å². The Kier molecular flexibility index (Phi) is 5.84. The molecule has 2 aromatic rings. The molecule has 0 spiro atoms. The van der Waals surface area contributed by atoms with Gasteiger partial charge >= 0.3 is 5.97 Å². The molecule has 9 heteroatoms. The number of carbonyl (C=O) groups excluding carboxylic acids is 2. The van der Waals surface area contributed by atoms with Gasteiger partial charge in [-0.15, -0.1) is 0 Å². The van der Waals surface area contributed by atoms with Crippen LogP contribution in [0.4, 0.5) is 5.69 Å². The van der Waals surface area contributed by atoms with Crippen LogP contribution in [0.2, 0.25) is 0 Å². The van der Waals surface area contributed by atoms with Gasteiger partial charge in [-0.05, 0) is 24.3 Å². The molecular weight excluding hydrogens is 386 g/mol. The van der Waals surface area contributed by atoms with E-state index < -0.39 is 28.3 Å². The number of benzene rings is 2. The molecule has 0 aliphatic carbocycles. The topological polar surface area (TPSA) is 108 Å². The van der Waals surface area contributed by atoms with Gasteiger partial charge in [0.2, 0.25) is 0 Å². The first-order valence-electron chi connectivity index (χ1n) is 8.59. The smallest absolute Gasteiger partial charge is 0.339 e. The average Bonchev–Trinajstić information content (AvgIpc) is 2.72. The van der Waals surface area contributed by atoms with E-state index in [4.69, 9.17) is 14.2 Å². The second kappa shape index (κ2) is 8.30. The van der Waals surface area contributed by atoms with E-state index in [1.165, 1.54) is 31.2 Å². The summed E-state index contributed by atoms with van der Waals surface area (Å²) in [6.45, 7) is 1.80. The number of anilines is 1. The standard InChI is InChI=1S/C19H19NO7S/c1-2-28(23,24)17-6-4-3-5-14(17)19(22)27-12-18(21)20-13-7-8-15-16(11-13)26-10-9-25-15/h3-8,11H,2,9-10,12H2,1H3,(H,20,21). The van der Waals surface area contributed by atoms with Crippen LogP contribution in [0.15, 0.2) is 47.4 Å². The Morgan fingerprint density at radius 3 is 2.54 bits per heavy atom. The lowest BCUT2D eigenvalue weighted by Gasteiger charge is -2.19. The van der Waals surface area contributed by atoms with Crippen molar-refractivity contribution in [1.29, 1.82) is 0 Å². The zero-order chi connectivity index (χ0) is 20.1. The second-order valence-corrected chi connectivity index (χ2v) is 8.13. The molecule has 1 amide bonds. The molecule has 148 valence electrons. The summed E-state index contributed by atoms with van der Waals surface area (Å²) in [7, 11) is -3.60. The fourth-order valence-electron chi connectivity index (χ4n) is 2.59. The van der Waals surface area contributed by atoms with E-state index in [-0.39, 0.29) is 16.2 Å². The van der Waals surface area contributed by atoms with Crippen LogP contribution in [0, 0.1) is 0 Å². The number of amides is 1. The summed E-state index contributed by atoms with van der Waals surface area (Å²) in [5, 5.41) is 2.58. The van der Waals surface area contributed by atoms with Crippen LogP contribution in [0.25, 0.3) is 0 Å². The predicted molar refractivity (Wildman–Crippen MR) is 101 cm³/mol. The van der Waals surface area contributed by atoms with Crippen molar-refractivity contribution in [2.24, 2.45) is 0 Å². The van der Waals surface area contributed by atoms with E-state index in [0.717, 1.165) is 0 Å². The number of hydrogen-bond acceptors (Lipinski definition) is 7. The summed E-state index contributed by atoms with van der Waals surface area (Å²) in [4.78, 5) is 24.2. The van der Waals surface area contributed by atoms with Crippen molar-refractivity contribution in [3.63, 3.8) is 0 Å². The van der Waals surface area contributed by atoms with Gasteiger partial charge in [0.25, 0.3) is 5.91 Å². The lowest BCUT2D eigenvalue weighted by molar-refractivity contribution is -0.119. The number of rotatable bonds is 6. The molecular formula is C19H19NO7S. The summed E-state index contributed by atoms with van der Waals surface area (Å²) < 4.78 is 40.1. The molecule has 3 rings (SSSR count). The summed E-state index contributed by atoms with van der Waals surface area (Å²) >= 11 is 0. The molecule has 1 aliphatic heterocycles. The monoisotopic (exact) mass is 405 g/mol. The molecule has 0 fully saturated rings. The molecule has 1 aliphatic rings. The van der Waals surface area contributed by atoms with Crippen LogP contribution in [0.1, 0.15) is 17.3 Å². The fraction of sp³-hybridized carbons (Fsp3) is 0.263. The third kappa shape index (κ3) is 4.42. The first-order chi connectivity index (χ1) is 13.4. The van der Waals surface area contributed by atoms with E-state index in [0.29, 0.717) is 30.4 Å². The Labute approximate surface area is 162 Å². The van der Waals surface area contributed by atoms with Gasteiger partial charge in [0.1, 0.15) is 13.2 Å². The van der Waals surface area contributed by atoms with Crippen LogP contribution in [-0.2, 0) is 19.4 Å². The zero-order valence-electron chi connectivity index (χ0n) is 15.1. The van der Waals surface area contributed by atoms with Gasteiger partial charge in [0.15, 0.2) is 27.9 Å². The fourth-order valence-corrected chi connectivity index (χ4v) is 3.67. The largest absolute Gasteiger partial charge is 0.486 e. The van der Waals surface area contributed by atoms with Crippen LogP contribution < -0.4 is 14.8 Å². The van der Waals surface area contributed by atoms with Crippen molar-refractivity contribution < 1.29 is 32.2 Å². The van der Waals surface area contributed by atoms with Gasteiger partial charge in [-0.3, -0.25) is 4.79 Å². The molecule has 0 saturated carbocycles. The zero-order valence-corrected chi connectivity index (χ0v) is 16.0. The minimum absolute atomic E-state index is 0.100. The highest BCUT2D eigenvalue weighted by Gasteiger charge is 2.22. The molecule has 0 saturated heterocycles. The molecule has 0 aromatic heterocycles. The van der Waals surface area contributed by atoms with E-state index in [2.05, 4.69) is 5.32 Å². The van der Waals surface area contributed by atoms with Crippen molar-refractivity contribution in [3.05, 3.63) is 48.0 Å². The highest BCUT2D eigenvalue weighted by atomic mass is 32.2. The Morgan fingerprint density at radius 1 is 1.07 bits per heavy atom. The molecule has 0 atom stereocenters. The van der Waals surface area contributed by atoms with E-state index in [9.17, 15) is 18.0 Å². The lowest BCUT2D eigenvalue weighted by Crippen LogP contribution is -2.22. The Bertz CT molecular complexity index is 1000. The highest BCUT2D eigenvalue weighted by Crippen LogP contribution is 2.32.